The van der Waals surface area contributed by atoms with Gasteiger partial charge in [-0.15, -0.1) is 0 Å². The van der Waals surface area contributed by atoms with Gasteiger partial charge in [0.25, 0.3) is 5.91 Å². The molecule has 0 saturated carbocycles. The molecule has 0 aliphatic carbocycles. The smallest absolute Gasteiger partial charge is 0.351 e. The average Bonchev–Trinajstić information content (AvgIpc) is 2.31. The van der Waals surface area contributed by atoms with Crippen LogP contribution in [0.2, 0.25) is 0 Å². The fraction of sp³-hybridized carbons (Fsp3) is 0.875. The molecule has 2 heterocycles. The minimum atomic E-state index is -3.67. The van der Waals surface area contributed by atoms with Crippen molar-refractivity contribution in [3.8, 4) is 0 Å². The number of hydrogen-bond donors (Lipinski definition) is 2. The van der Waals surface area contributed by atoms with Gasteiger partial charge in [-0.05, 0) is 12.8 Å². The quantitative estimate of drug-likeness (QED) is 0.571. The first-order chi connectivity index (χ1) is 6.49. The van der Waals surface area contributed by atoms with Gasteiger partial charge in [0.15, 0.2) is 6.10 Å². The monoisotopic (exact) mass is 207 g/mol. The first kappa shape index (κ1) is 9.79. The summed E-state index contributed by atoms with van der Waals surface area (Å²) in [5.74, 6) is -5.05. The lowest BCUT2D eigenvalue weighted by molar-refractivity contribution is -0.153. The summed E-state index contributed by atoms with van der Waals surface area (Å²) in [7, 11) is 0. The summed E-state index contributed by atoms with van der Waals surface area (Å²) in [5.41, 5.74) is -1.18. The van der Waals surface area contributed by atoms with E-state index in [9.17, 15) is 18.7 Å². The van der Waals surface area contributed by atoms with Crippen LogP contribution in [-0.4, -0.2) is 41.8 Å². The fourth-order valence-electron chi connectivity index (χ4n) is 1.98. The molecule has 2 fully saturated rings. The van der Waals surface area contributed by atoms with Gasteiger partial charge in [0.2, 0.25) is 0 Å². The molecule has 0 aromatic rings. The molecule has 80 valence electrons. The van der Waals surface area contributed by atoms with E-state index in [4.69, 9.17) is 4.74 Å². The summed E-state index contributed by atoms with van der Waals surface area (Å²) in [6.45, 7) is 0.570. The number of ether oxygens (including phenoxy) is 1. The number of hydrogen-bond acceptors (Lipinski definition) is 3. The second-order valence-corrected chi connectivity index (χ2v) is 3.75. The van der Waals surface area contributed by atoms with Crippen LogP contribution in [-0.2, 0) is 9.53 Å². The summed E-state index contributed by atoms with van der Waals surface area (Å²) in [6, 6.07) is 0. The van der Waals surface area contributed by atoms with Crippen molar-refractivity contribution in [2.45, 2.75) is 30.4 Å². The molecule has 1 unspecified atom stereocenters. The third-order valence-corrected chi connectivity index (χ3v) is 2.92. The minimum absolute atomic E-state index is 0.232. The second kappa shape index (κ2) is 2.87. The Hall–Kier alpha value is -0.750. The lowest BCUT2D eigenvalue weighted by Crippen LogP contribution is -2.53. The first-order valence-corrected chi connectivity index (χ1v) is 4.45. The van der Waals surface area contributed by atoms with E-state index in [-0.39, 0.29) is 26.1 Å². The van der Waals surface area contributed by atoms with Gasteiger partial charge >= 0.3 is 5.92 Å². The first-order valence-electron chi connectivity index (χ1n) is 4.45. The maximum absolute atomic E-state index is 13.1. The topological polar surface area (TPSA) is 58.6 Å². The summed E-state index contributed by atoms with van der Waals surface area (Å²) < 4.78 is 31.1. The van der Waals surface area contributed by atoms with Crippen LogP contribution in [0.3, 0.4) is 0 Å². The van der Waals surface area contributed by atoms with Gasteiger partial charge in [0, 0.05) is 13.2 Å². The van der Waals surface area contributed by atoms with Crippen molar-refractivity contribution >= 4 is 5.91 Å². The predicted octanol–water partition coefficient (Wildman–Crippen LogP) is -0.338. The highest BCUT2D eigenvalue weighted by molar-refractivity contribution is 5.88. The third kappa shape index (κ3) is 1.14. The van der Waals surface area contributed by atoms with E-state index in [0.29, 0.717) is 0 Å². The molecule has 14 heavy (non-hydrogen) atoms. The number of carbonyl (C=O) groups excluding carboxylic acids is 1. The Labute approximate surface area is 79.2 Å². The number of amides is 1. The van der Waals surface area contributed by atoms with Crippen molar-refractivity contribution < 1.29 is 23.4 Å². The highest BCUT2D eigenvalue weighted by atomic mass is 19.3. The molecule has 0 aromatic heterocycles. The van der Waals surface area contributed by atoms with Gasteiger partial charge in [-0.25, -0.2) is 0 Å². The zero-order chi connectivity index (χ0) is 10.4. The zero-order valence-corrected chi connectivity index (χ0v) is 7.43. The largest absolute Gasteiger partial charge is 0.384 e. The van der Waals surface area contributed by atoms with E-state index in [1.165, 1.54) is 0 Å². The van der Waals surface area contributed by atoms with Crippen molar-refractivity contribution in [1.82, 2.24) is 5.32 Å². The molecule has 2 rings (SSSR count). The van der Waals surface area contributed by atoms with E-state index >= 15 is 0 Å². The van der Waals surface area contributed by atoms with Gasteiger partial charge in [-0.3, -0.25) is 4.79 Å². The van der Waals surface area contributed by atoms with E-state index < -0.39 is 23.5 Å². The molecule has 0 bridgehead atoms. The summed E-state index contributed by atoms with van der Waals surface area (Å²) in [6.07, 6.45) is -1.48. The number of nitrogens with one attached hydrogen (secondary N) is 1. The Bertz CT molecular complexity index is 263. The molecule has 2 aliphatic heterocycles. The van der Waals surface area contributed by atoms with Crippen LogP contribution < -0.4 is 5.32 Å². The number of carbonyl (C=O) groups is 1. The van der Waals surface area contributed by atoms with E-state index in [1.54, 1.807) is 0 Å². The molecule has 2 aliphatic rings. The Kier molecular flexibility index (Phi) is 2.01. The van der Waals surface area contributed by atoms with Gasteiger partial charge in [-0.2, -0.15) is 8.78 Å². The van der Waals surface area contributed by atoms with Gasteiger partial charge in [-0.1, -0.05) is 0 Å². The molecule has 4 nitrogen and oxygen atoms in total. The Morgan fingerprint density at radius 3 is 2.43 bits per heavy atom. The average molecular weight is 207 g/mol. The molecule has 1 atom stereocenters. The van der Waals surface area contributed by atoms with Crippen molar-refractivity contribution in [3.63, 3.8) is 0 Å². The maximum Gasteiger partial charge on any atom is 0.351 e. The van der Waals surface area contributed by atoms with Crippen LogP contribution >= 0.6 is 0 Å². The van der Waals surface area contributed by atoms with Crippen LogP contribution in [0.1, 0.15) is 12.8 Å². The summed E-state index contributed by atoms with van der Waals surface area (Å²) in [5, 5.41) is 11.6. The minimum Gasteiger partial charge on any atom is -0.384 e. The normalized spacial score (nSPS) is 34.5. The molecule has 0 radical (unpaired) electrons. The van der Waals surface area contributed by atoms with Crippen LogP contribution in [0.4, 0.5) is 8.78 Å². The standard InChI is InChI=1S/C8H11F2NO3/c9-8(10)5(12)7(11-6(8)13)1-3-14-4-2-7/h5,12H,1-4H2,(H,11,13). The molecule has 6 heteroatoms. The Morgan fingerprint density at radius 1 is 1.43 bits per heavy atom. The molecular formula is C8H11F2NO3. The molecule has 2 saturated heterocycles. The molecule has 2 N–H and O–H groups in total. The lowest BCUT2D eigenvalue weighted by Gasteiger charge is -2.35. The van der Waals surface area contributed by atoms with Crippen molar-refractivity contribution in [3.05, 3.63) is 0 Å². The summed E-state index contributed by atoms with van der Waals surface area (Å²) in [4.78, 5) is 10.9. The number of alkyl halides is 2. The second-order valence-electron chi connectivity index (χ2n) is 3.75. The third-order valence-electron chi connectivity index (χ3n) is 2.92. The van der Waals surface area contributed by atoms with Gasteiger partial charge in [0.1, 0.15) is 0 Å². The van der Waals surface area contributed by atoms with E-state index in [1.807, 2.05) is 0 Å². The molecule has 1 amide bonds. The maximum atomic E-state index is 13.1. The van der Waals surface area contributed by atoms with Crippen LogP contribution in [0.5, 0.6) is 0 Å². The molecule has 0 aromatic carbocycles. The fourth-order valence-corrected chi connectivity index (χ4v) is 1.98. The van der Waals surface area contributed by atoms with Crippen molar-refractivity contribution in [2.24, 2.45) is 0 Å². The Morgan fingerprint density at radius 2 is 2.00 bits per heavy atom. The van der Waals surface area contributed by atoms with Gasteiger partial charge < -0.3 is 15.2 Å². The van der Waals surface area contributed by atoms with Crippen LogP contribution in [0, 0.1) is 0 Å². The number of aliphatic hydroxyl groups is 1. The summed E-state index contributed by atoms with van der Waals surface area (Å²) >= 11 is 0. The highest BCUT2D eigenvalue weighted by Gasteiger charge is 2.64. The van der Waals surface area contributed by atoms with Crippen molar-refractivity contribution in [1.29, 1.82) is 0 Å². The molecule has 1 spiro atoms. The van der Waals surface area contributed by atoms with Crippen molar-refractivity contribution in [2.75, 3.05) is 13.2 Å². The lowest BCUT2D eigenvalue weighted by atomic mass is 9.85. The SMILES string of the molecule is O=C1NC2(CCOCC2)C(O)C1(F)F. The van der Waals surface area contributed by atoms with Gasteiger partial charge in [0.05, 0.1) is 5.54 Å². The van der Waals surface area contributed by atoms with Crippen LogP contribution in [0.15, 0.2) is 0 Å². The number of halogens is 2. The number of rotatable bonds is 0. The predicted molar refractivity (Wildman–Crippen MR) is 41.9 cm³/mol. The van der Waals surface area contributed by atoms with E-state index in [0.717, 1.165) is 0 Å². The van der Waals surface area contributed by atoms with Crippen LogP contribution in [0.25, 0.3) is 0 Å². The zero-order valence-electron chi connectivity index (χ0n) is 7.43. The Balaban J connectivity index is 2.26. The van der Waals surface area contributed by atoms with E-state index in [2.05, 4.69) is 5.32 Å². The highest BCUT2D eigenvalue weighted by Crippen LogP contribution is 2.39. The molecular weight excluding hydrogens is 196 g/mol. The number of aliphatic hydroxyl groups excluding tert-OH is 1.